The zero-order valence-electron chi connectivity index (χ0n) is 19.9. The minimum absolute atomic E-state index is 0.0131. The zero-order chi connectivity index (χ0) is 23.3. The van der Waals surface area contributed by atoms with E-state index in [1.807, 2.05) is 77.3 Å². The van der Waals surface area contributed by atoms with Crippen LogP contribution < -0.4 is 9.64 Å². The monoisotopic (exact) mass is 437 g/mol. The zero-order valence-corrected chi connectivity index (χ0v) is 19.9. The van der Waals surface area contributed by atoms with Gasteiger partial charge in [-0.1, -0.05) is 26.0 Å². The van der Waals surface area contributed by atoms with Gasteiger partial charge >= 0.3 is 0 Å². The summed E-state index contributed by atoms with van der Waals surface area (Å²) in [4.78, 5) is 31.6. The third kappa shape index (κ3) is 5.81. The number of ether oxygens (including phenoxy) is 1. The Hall–Kier alpha value is -3.02. The molecule has 1 aliphatic rings. The molecule has 1 saturated heterocycles. The van der Waals surface area contributed by atoms with E-state index in [0.29, 0.717) is 43.4 Å². The number of nitrogens with zero attached hydrogens (tertiary/aromatic N) is 3. The Kier molecular flexibility index (Phi) is 7.78. The molecule has 1 atom stereocenters. The van der Waals surface area contributed by atoms with Crippen molar-refractivity contribution < 1.29 is 14.3 Å². The van der Waals surface area contributed by atoms with Crippen LogP contribution in [0.4, 0.5) is 5.69 Å². The molecule has 1 fully saturated rings. The molecule has 0 N–H and O–H groups in total. The number of benzene rings is 2. The maximum absolute atomic E-state index is 13.0. The van der Waals surface area contributed by atoms with Crippen molar-refractivity contribution in [3.05, 3.63) is 59.7 Å². The molecule has 0 aromatic heterocycles. The molecule has 1 aliphatic heterocycles. The Bertz CT molecular complexity index is 907. The summed E-state index contributed by atoms with van der Waals surface area (Å²) in [5.74, 6) is 1.13. The van der Waals surface area contributed by atoms with Crippen LogP contribution in [0.25, 0.3) is 0 Å². The van der Waals surface area contributed by atoms with Crippen molar-refractivity contribution >= 4 is 17.5 Å². The predicted molar refractivity (Wildman–Crippen MR) is 128 cm³/mol. The fraction of sp³-hybridized carbons (Fsp3) is 0.462. The molecule has 0 spiro atoms. The van der Waals surface area contributed by atoms with Gasteiger partial charge in [0.05, 0.1) is 0 Å². The summed E-state index contributed by atoms with van der Waals surface area (Å²) in [5.41, 5.74) is 2.98. The second kappa shape index (κ2) is 10.5. The summed E-state index contributed by atoms with van der Waals surface area (Å²) in [6.45, 7) is 8.39. The van der Waals surface area contributed by atoms with Crippen LogP contribution in [0.2, 0.25) is 0 Å². The highest BCUT2D eigenvalue weighted by molar-refractivity contribution is 5.94. The van der Waals surface area contributed by atoms with Gasteiger partial charge in [0.1, 0.15) is 5.75 Å². The van der Waals surface area contributed by atoms with E-state index < -0.39 is 6.10 Å². The minimum Gasteiger partial charge on any atom is -0.481 e. The molecule has 2 aromatic carbocycles. The van der Waals surface area contributed by atoms with Gasteiger partial charge in [-0.25, -0.2) is 0 Å². The highest BCUT2D eigenvalue weighted by atomic mass is 16.5. The number of hydrogen-bond donors (Lipinski definition) is 0. The van der Waals surface area contributed by atoms with Crippen molar-refractivity contribution in [2.75, 3.05) is 45.2 Å². The number of anilines is 1. The Balaban J connectivity index is 1.56. The lowest BCUT2D eigenvalue weighted by Crippen LogP contribution is -2.43. The summed E-state index contributed by atoms with van der Waals surface area (Å²) in [6.07, 6.45) is 0.184. The Morgan fingerprint density at radius 2 is 1.44 bits per heavy atom. The first-order valence-electron chi connectivity index (χ1n) is 11.4. The minimum atomic E-state index is -0.569. The maximum atomic E-state index is 13.0. The molecule has 32 heavy (non-hydrogen) atoms. The first-order valence-corrected chi connectivity index (χ1v) is 11.4. The van der Waals surface area contributed by atoms with Gasteiger partial charge in [-0.3, -0.25) is 9.59 Å². The van der Waals surface area contributed by atoms with Gasteiger partial charge in [0.25, 0.3) is 11.8 Å². The van der Waals surface area contributed by atoms with Gasteiger partial charge in [0.15, 0.2) is 6.10 Å². The average molecular weight is 438 g/mol. The van der Waals surface area contributed by atoms with Gasteiger partial charge < -0.3 is 19.4 Å². The van der Waals surface area contributed by atoms with Crippen molar-refractivity contribution in [1.82, 2.24) is 9.80 Å². The van der Waals surface area contributed by atoms with Gasteiger partial charge in [-0.2, -0.15) is 0 Å². The van der Waals surface area contributed by atoms with E-state index in [-0.39, 0.29) is 11.8 Å². The van der Waals surface area contributed by atoms with E-state index in [9.17, 15) is 9.59 Å². The molecular weight excluding hydrogens is 402 g/mol. The summed E-state index contributed by atoms with van der Waals surface area (Å²) < 4.78 is 5.90. The Morgan fingerprint density at radius 3 is 2.03 bits per heavy atom. The summed E-state index contributed by atoms with van der Waals surface area (Å²) in [7, 11) is 3.95. The molecule has 1 unspecified atom stereocenters. The lowest BCUT2D eigenvalue weighted by molar-refractivity contribution is -0.137. The van der Waals surface area contributed by atoms with Crippen LogP contribution >= 0.6 is 0 Å². The highest BCUT2D eigenvalue weighted by Crippen LogP contribution is 2.20. The van der Waals surface area contributed by atoms with E-state index in [2.05, 4.69) is 13.8 Å². The topological polar surface area (TPSA) is 53.1 Å². The number of hydrogen-bond acceptors (Lipinski definition) is 4. The second-order valence-corrected chi connectivity index (χ2v) is 8.90. The van der Waals surface area contributed by atoms with E-state index in [1.54, 1.807) is 6.92 Å². The van der Waals surface area contributed by atoms with Crippen molar-refractivity contribution in [2.45, 2.75) is 39.2 Å². The molecule has 0 aliphatic carbocycles. The lowest BCUT2D eigenvalue weighted by Gasteiger charge is -2.25. The molecule has 3 rings (SSSR count). The quantitative estimate of drug-likeness (QED) is 0.685. The van der Waals surface area contributed by atoms with Crippen molar-refractivity contribution in [2.24, 2.45) is 0 Å². The average Bonchev–Trinajstić information content (AvgIpc) is 3.04. The molecule has 1 heterocycles. The number of carbonyl (C=O) groups excluding carboxylic acids is 2. The third-order valence-corrected chi connectivity index (χ3v) is 5.93. The van der Waals surface area contributed by atoms with Gasteiger partial charge in [-0.15, -0.1) is 0 Å². The molecule has 0 bridgehead atoms. The van der Waals surface area contributed by atoms with Crippen LogP contribution in [0.3, 0.4) is 0 Å². The summed E-state index contributed by atoms with van der Waals surface area (Å²) in [5, 5.41) is 0. The molecule has 6 nitrogen and oxygen atoms in total. The van der Waals surface area contributed by atoms with Crippen LogP contribution in [0, 0.1) is 0 Å². The first-order chi connectivity index (χ1) is 15.3. The molecular formula is C26H35N3O3. The molecule has 2 amide bonds. The van der Waals surface area contributed by atoms with Gasteiger partial charge in [-0.05, 0) is 61.2 Å². The smallest absolute Gasteiger partial charge is 0.263 e. The van der Waals surface area contributed by atoms with Crippen LogP contribution in [0.1, 0.15) is 49.0 Å². The number of amides is 2. The molecule has 172 valence electrons. The largest absolute Gasteiger partial charge is 0.481 e. The molecule has 0 radical (unpaired) electrons. The standard InChI is InChI=1S/C26H35N3O3/c1-19(2)21-9-13-24(14-10-21)32-20(3)25(30)28-15-6-16-29(18-17-28)26(31)22-7-11-23(12-8-22)27(4)5/h7-14,19-20H,6,15-18H2,1-5H3. The molecule has 0 saturated carbocycles. The second-order valence-electron chi connectivity index (χ2n) is 8.90. The fourth-order valence-electron chi connectivity index (χ4n) is 3.87. The van der Waals surface area contributed by atoms with Crippen LogP contribution in [-0.4, -0.2) is 68.0 Å². The normalized spacial score (nSPS) is 15.3. The highest BCUT2D eigenvalue weighted by Gasteiger charge is 2.26. The van der Waals surface area contributed by atoms with Crippen LogP contribution in [0.15, 0.2) is 48.5 Å². The lowest BCUT2D eigenvalue weighted by atomic mass is 10.0. The third-order valence-electron chi connectivity index (χ3n) is 5.93. The fourth-order valence-corrected chi connectivity index (χ4v) is 3.87. The van der Waals surface area contributed by atoms with E-state index >= 15 is 0 Å². The Labute approximate surface area is 191 Å². The van der Waals surface area contributed by atoms with Gasteiger partial charge in [0, 0.05) is 51.5 Å². The summed E-state index contributed by atoms with van der Waals surface area (Å²) >= 11 is 0. The first kappa shape index (κ1) is 23.6. The van der Waals surface area contributed by atoms with Crippen LogP contribution in [0.5, 0.6) is 5.75 Å². The van der Waals surface area contributed by atoms with Crippen LogP contribution in [-0.2, 0) is 4.79 Å². The van der Waals surface area contributed by atoms with E-state index in [0.717, 1.165) is 12.1 Å². The predicted octanol–water partition coefficient (Wildman–Crippen LogP) is 4.02. The maximum Gasteiger partial charge on any atom is 0.263 e. The summed E-state index contributed by atoms with van der Waals surface area (Å²) in [6, 6.07) is 15.6. The molecule has 6 heteroatoms. The van der Waals surface area contributed by atoms with Crippen molar-refractivity contribution in [3.8, 4) is 5.75 Å². The van der Waals surface area contributed by atoms with Crippen molar-refractivity contribution in [1.29, 1.82) is 0 Å². The molecule has 2 aromatic rings. The SMILES string of the molecule is CC(Oc1ccc(C(C)C)cc1)C(=O)N1CCCN(C(=O)c2ccc(N(C)C)cc2)CC1. The number of rotatable bonds is 6. The van der Waals surface area contributed by atoms with E-state index in [1.165, 1.54) is 5.56 Å². The van der Waals surface area contributed by atoms with E-state index in [4.69, 9.17) is 4.74 Å². The Morgan fingerprint density at radius 1 is 0.844 bits per heavy atom. The number of carbonyl (C=O) groups is 2. The van der Waals surface area contributed by atoms with Gasteiger partial charge in [0.2, 0.25) is 0 Å². The van der Waals surface area contributed by atoms with Crippen molar-refractivity contribution in [3.63, 3.8) is 0 Å².